The Morgan fingerprint density at radius 2 is 0.447 bits per heavy atom. The Balaban J connectivity index is 5.21. The maximum Gasteiger partial charge on any atom is 0.472 e. The van der Waals surface area contributed by atoms with E-state index in [1.54, 1.807) is 0 Å². The number of phosphoric ester groups is 2. The van der Waals surface area contributed by atoms with E-state index in [0.29, 0.717) is 25.7 Å². The van der Waals surface area contributed by atoms with Crippen LogP contribution >= 0.6 is 15.6 Å². The van der Waals surface area contributed by atoms with E-state index in [1.807, 2.05) is 0 Å². The Kier molecular flexibility index (Phi) is 74.1. The number of aliphatic hydroxyl groups excluding tert-OH is 1. The van der Waals surface area contributed by atoms with Crippen LogP contribution in [0.15, 0.2) is 0 Å². The molecule has 0 bridgehead atoms. The van der Waals surface area contributed by atoms with E-state index in [4.69, 9.17) is 37.0 Å². The molecule has 17 nitrogen and oxygen atoms in total. The molecule has 3 N–H and O–H groups in total. The molecule has 0 aromatic heterocycles. The van der Waals surface area contributed by atoms with Crippen LogP contribution in [0.1, 0.15) is 446 Å². The fourth-order valence-corrected chi connectivity index (χ4v) is 14.6. The molecule has 0 heterocycles. The third-order valence-corrected chi connectivity index (χ3v) is 21.6. The second-order valence-electron chi connectivity index (χ2n) is 31.2. The molecule has 19 heteroatoms. The molecule has 0 amide bonds. The van der Waals surface area contributed by atoms with Crippen molar-refractivity contribution < 1.29 is 80.2 Å². The number of hydrogen-bond acceptors (Lipinski definition) is 15. The highest BCUT2D eigenvalue weighted by molar-refractivity contribution is 7.47. The van der Waals surface area contributed by atoms with Gasteiger partial charge in [-0.05, 0) is 37.5 Å². The van der Waals surface area contributed by atoms with Gasteiger partial charge < -0.3 is 33.8 Å². The summed E-state index contributed by atoms with van der Waals surface area (Å²) in [5.74, 6) is -0.471. The van der Waals surface area contributed by atoms with Crippen LogP contribution in [0, 0.1) is 11.8 Å². The first-order chi connectivity index (χ1) is 49.9. The van der Waals surface area contributed by atoms with Gasteiger partial charge in [0.05, 0.1) is 26.4 Å². The Hall–Kier alpha value is -1.94. The van der Waals surface area contributed by atoms with Crippen LogP contribution in [-0.2, 0) is 65.4 Å². The van der Waals surface area contributed by atoms with Crippen LogP contribution in [0.5, 0.6) is 0 Å². The summed E-state index contributed by atoms with van der Waals surface area (Å²) in [4.78, 5) is 73.1. The van der Waals surface area contributed by atoms with Gasteiger partial charge in [0.2, 0.25) is 0 Å². The molecule has 0 saturated carbocycles. The molecule has 0 rings (SSSR count). The fraction of sp³-hybridized carbons (Fsp3) is 0.952. The molecule has 2 unspecified atom stereocenters. The van der Waals surface area contributed by atoms with E-state index < -0.39 is 97.5 Å². The fourth-order valence-electron chi connectivity index (χ4n) is 13.1. The molecule has 103 heavy (non-hydrogen) atoms. The Morgan fingerprint density at radius 1 is 0.262 bits per heavy atom. The molecular formula is C84H164O17P2. The molecule has 5 atom stereocenters. The number of unbranched alkanes of at least 4 members (excludes halogenated alkanes) is 53. The summed E-state index contributed by atoms with van der Waals surface area (Å²) in [6.45, 7) is 9.72. The van der Waals surface area contributed by atoms with E-state index in [0.717, 1.165) is 102 Å². The Morgan fingerprint density at radius 3 is 0.660 bits per heavy atom. The lowest BCUT2D eigenvalue weighted by Crippen LogP contribution is -2.30. The summed E-state index contributed by atoms with van der Waals surface area (Å²) in [5, 5.41) is 10.7. The SMILES string of the molecule is CCCCCCCCCCCCCCCC(=O)O[C@H](COC(=O)CCCCCCCCCCCC)COP(=O)(O)OC[C@H](O)COP(=O)(O)OC[C@@H](COC(=O)CCCCCCCCCCCCCCCCCCC(C)C)OC(=O)CCCCCCCCCCCCCCCCCCCCC(C)C. The molecule has 0 aliphatic carbocycles. The summed E-state index contributed by atoms with van der Waals surface area (Å²) >= 11 is 0. The van der Waals surface area contributed by atoms with Crippen molar-refractivity contribution >= 4 is 39.5 Å². The average molecular weight is 1510 g/mol. The van der Waals surface area contributed by atoms with Crippen LogP contribution in [0.3, 0.4) is 0 Å². The van der Waals surface area contributed by atoms with Crippen molar-refractivity contribution in [1.29, 1.82) is 0 Å². The van der Waals surface area contributed by atoms with Crippen molar-refractivity contribution in [2.75, 3.05) is 39.6 Å². The van der Waals surface area contributed by atoms with Gasteiger partial charge >= 0.3 is 39.5 Å². The molecule has 0 aromatic rings. The second-order valence-corrected chi connectivity index (χ2v) is 34.1. The number of rotatable bonds is 83. The van der Waals surface area contributed by atoms with Gasteiger partial charge in [0, 0.05) is 25.7 Å². The number of esters is 4. The lowest BCUT2D eigenvalue weighted by molar-refractivity contribution is -0.161. The summed E-state index contributed by atoms with van der Waals surface area (Å²) in [7, 11) is -9.92. The van der Waals surface area contributed by atoms with Gasteiger partial charge in [-0.25, -0.2) is 9.13 Å². The molecule has 0 aromatic carbocycles. The van der Waals surface area contributed by atoms with Crippen molar-refractivity contribution in [2.24, 2.45) is 11.8 Å². The molecule has 0 aliphatic rings. The first-order valence-electron chi connectivity index (χ1n) is 43.5. The first kappa shape index (κ1) is 101. The maximum absolute atomic E-state index is 13.1. The third-order valence-electron chi connectivity index (χ3n) is 19.7. The van der Waals surface area contributed by atoms with Crippen molar-refractivity contribution in [3.05, 3.63) is 0 Å². The number of ether oxygens (including phenoxy) is 4. The summed E-state index contributed by atoms with van der Waals surface area (Å²) < 4.78 is 68.8. The van der Waals surface area contributed by atoms with E-state index in [1.165, 1.54) is 263 Å². The van der Waals surface area contributed by atoms with Crippen molar-refractivity contribution in [3.8, 4) is 0 Å². The Labute approximate surface area is 632 Å². The van der Waals surface area contributed by atoms with E-state index >= 15 is 0 Å². The average Bonchev–Trinajstić information content (AvgIpc) is 0.924. The van der Waals surface area contributed by atoms with Gasteiger partial charge in [0.1, 0.15) is 19.3 Å². The number of aliphatic hydroxyl groups is 1. The molecule has 0 radical (unpaired) electrons. The Bertz CT molecular complexity index is 1980. The zero-order valence-corrected chi connectivity index (χ0v) is 69.4. The van der Waals surface area contributed by atoms with Gasteiger partial charge in [-0.1, -0.05) is 395 Å². The van der Waals surface area contributed by atoms with Crippen molar-refractivity contribution in [2.45, 2.75) is 464 Å². The van der Waals surface area contributed by atoms with E-state index in [-0.39, 0.29) is 25.7 Å². The summed E-state index contributed by atoms with van der Waals surface area (Å²) in [6, 6.07) is 0. The van der Waals surface area contributed by atoms with Gasteiger partial charge in [0.15, 0.2) is 12.2 Å². The van der Waals surface area contributed by atoms with Gasteiger partial charge in [-0.3, -0.25) is 37.3 Å². The zero-order valence-electron chi connectivity index (χ0n) is 67.6. The smallest absolute Gasteiger partial charge is 0.462 e. The quantitative estimate of drug-likeness (QED) is 0.0222. The standard InChI is InChI=1S/C84H164O17P2/c1-7-9-11-13-15-17-19-30-38-44-50-56-62-68-83(88)100-79(72-94-81(86)66-60-54-48-42-18-16-14-12-10-8-2)74-98-102(90,91)96-70-78(85)71-97-103(92,93)99-75-80(73-95-82(87)67-61-55-49-43-37-33-28-25-24-27-32-36-41-47-53-59-65-77(5)6)101-84(89)69-63-57-51-45-39-34-29-23-21-20-22-26-31-35-40-46-52-58-64-76(3)4/h76-80,85H,7-75H2,1-6H3,(H,90,91)(H,92,93)/t78-,79+,80+/m0/s1. The highest BCUT2D eigenvalue weighted by Gasteiger charge is 2.30. The highest BCUT2D eigenvalue weighted by Crippen LogP contribution is 2.45. The van der Waals surface area contributed by atoms with Crippen LogP contribution in [-0.4, -0.2) is 96.7 Å². The van der Waals surface area contributed by atoms with Crippen LogP contribution in [0.4, 0.5) is 0 Å². The van der Waals surface area contributed by atoms with E-state index in [9.17, 15) is 43.2 Å². The van der Waals surface area contributed by atoms with Crippen LogP contribution in [0.25, 0.3) is 0 Å². The lowest BCUT2D eigenvalue weighted by atomic mass is 10.0. The van der Waals surface area contributed by atoms with Gasteiger partial charge in [-0.2, -0.15) is 0 Å². The summed E-state index contributed by atoms with van der Waals surface area (Å²) in [6.07, 6.45) is 66.6. The first-order valence-corrected chi connectivity index (χ1v) is 46.5. The summed E-state index contributed by atoms with van der Waals surface area (Å²) in [5.41, 5.74) is 0. The number of phosphoric acid groups is 2. The van der Waals surface area contributed by atoms with E-state index in [2.05, 4.69) is 41.5 Å². The second kappa shape index (κ2) is 75.5. The minimum atomic E-state index is -4.96. The third kappa shape index (κ3) is 78.0. The highest BCUT2D eigenvalue weighted by atomic mass is 31.2. The molecule has 0 saturated heterocycles. The normalized spacial score (nSPS) is 13.9. The van der Waals surface area contributed by atoms with Gasteiger partial charge in [-0.15, -0.1) is 0 Å². The van der Waals surface area contributed by atoms with Crippen LogP contribution < -0.4 is 0 Å². The molecule has 0 fully saturated rings. The minimum absolute atomic E-state index is 0.108. The predicted octanol–water partition coefficient (Wildman–Crippen LogP) is 25.5. The predicted molar refractivity (Wildman–Crippen MR) is 423 cm³/mol. The number of carbonyl (C=O) groups excluding carboxylic acids is 4. The van der Waals surface area contributed by atoms with Crippen LogP contribution in [0.2, 0.25) is 0 Å². The monoisotopic (exact) mass is 1510 g/mol. The zero-order chi connectivity index (χ0) is 75.6. The van der Waals surface area contributed by atoms with Crippen molar-refractivity contribution in [3.63, 3.8) is 0 Å². The van der Waals surface area contributed by atoms with Gasteiger partial charge in [0.25, 0.3) is 0 Å². The molecule has 0 aliphatic heterocycles. The molecule has 0 spiro atoms. The van der Waals surface area contributed by atoms with Crippen molar-refractivity contribution in [1.82, 2.24) is 0 Å². The molecule has 612 valence electrons. The lowest BCUT2D eigenvalue weighted by Gasteiger charge is -2.21. The number of carbonyl (C=O) groups is 4. The molecular weight excluding hydrogens is 1340 g/mol. The maximum atomic E-state index is 13.1. The topological polar surface area (TPSA) is 237 Å². The number of hydrogen-bond donors (Lipinski definition) is 3. The minimum Gasteiger partial charge on any atom is -0.462 e. The largest absolute Gasteiger partial charge is 0.472 e.